The highest BCUT2D eigenvalue weighted by molar-refractivity contribution is 7.80. The zero-order valence-electron chi connectivity index (χ0n) is 11.2. The van der Waals surface area contributed by atoms with E-state index in [-0.39, 0.29) is 6.61 Å². The fourth-order valence-corrected chi connectivity index (χ4v) is 1.92. The van der Waals surface area contributed by atoms with Gasteiger partial charge in [0.2, 0.25) is 5.88 Å². The molecule has 2 aromatic rings. The van der Waals surface area contributed by atoms with Crippen molar-refractivity contribution in [1.29, 1.82) is 0 Å². The predicted molar refractivity (Wildman–Crippen MR) is 82.2 cm³/mol. The van der Waals surface area contributed by atoms with Gasteiger partial charge in [-0.2, -0.15) is 0 Å². The molecule has 0 aliphatic heterocycles. The summed E-state index contributed by atoms with van der Waals surface area (Å²) in [5, 5.41) is 8.87. The topological polar surface area (TPSA) is 68.4 Å². The fourth-order valence-electron chi connectivity index (χ4n) is 1.81. The largest absolute Gasteiger partial charge is 0.439 e. The van der Waals surface area contributed by atoms with Crippen LogP contribution in [0, 0.1) is 6.92 Å². The summed E-state index contributed by atoms with van der Waals surface area (Å²) >= 11 is 4.96. The number of thiocarbonyl (C=S) groups is 1. The van der Waals surface area contributed by atoms with Crippen molar-refractivity contribution in [3.05, 3.63) is 53.2 Å². The summed E-state index contributed by atoms with van der Waals surface area (Å²) in [6.45, 7) is 2.00. The van der Waals surface area contributed by atoms with E-state index in [1.165, 1.54) is 0 Å². The van der Waals surface area contributed by atoms with Gasteiger partial charge in [0.1, 0.15) is 10.7 Å². The number of pyridine rings is 1. The van der Waals surface area contributed by atoms with Crippen molar-refractivity contribution >= 4 is 17.2 Å². The standard InChI is InChI=1S/C15H16N2O2S/c1-10-8-12(15(16)20)9-14(17-10)19-13-4-2-11(3-5-13)6-7-18/h2-5,8-9,18H,6-7H2,1H3,(H2,16,20). The fraction of sp³-hybridized carbons (Fsp3) is 0.200. The number of hydrogen-bond acceptors (Lipinski definition) is 4. The first kappa shape index (κ1) is 14.4. The zero-order chi connectivity index (χ0) is 14.5. The Morgan fingerprint density at radius 2 is 2.00 bits per heavy atom. The van der Waals surface area contributed by atoms with Crippen LogP contribution in [0.3, 0.4) is 0 Å². The number of aliphatic hydroxyl groups is 1. The SMILES string of the molecule is Cc1cc(C(N)=S)cc(Oc2ccc(CCO)cc2)n1. The average molecular weight is 288 g/mol. The van der Waals surface area contributed by atoms with Gasteiger partial charge in [0, 0.05) is 23.9 Å². The molecule has 3 N–H and O–H groups in total. The second-order valence-electron chi connectivity index (χ2n) is 4.42. The Hall–Kier alpha value is -1.98. The average Bonchev–Trinajstić information content (AvgIpc) is 2.40. The van der Waals surface area contributed by atoms with Gasteiger partial charge in [-0.15, -0.1) is 0 Å². The Labute approximate surface area is 123 Å². The van der Waals surface area contributed by atoms with Gasteiger partial charge in [0.05, 0.1) is 0 Å². The molecule has 104 valence electrons. The van der Waals surface area contributed by atoms with Gasteiger partial charge in [0.15, 0.2) is 0 Å². The molecule has 1 heterocycles. The van der Waals surface area contributed by atoms with E-state index in [1.54, 1.807) is 6.07 Å². The highest BCUT2D eigenvalue weighted by atomic mass is 32.1. The van der Waals surface area contributed by atoms with Crippen molar-refractivity contribution in [1.82, 2.24) is 4.98 Å². The van der Waals surface area contributed by atoms with Crippen LogP contribution >= 0.6 is 12.2 Å². The predicted octanol–water partition coefficient (Wildman–Crippen LogP) is 2.35. The molecule has 0 aliphatic carbocycles. The highest BCUT2D eigenvalue weighted by Crippen LogP contribution is 2.21. The van der Waals surface area contributed by atoms with Gasteiger partial charge in [0.25, 0.3) is 0 Å². The lowest BCUT2D eigenvalue weighted by molar-refractivity contribution is 0.299. The van der Waals surface area contributed by atoms with Crippen molar-refractivity contribution in [3.8, 4) is 11.6 Å². The molecule has 0 saturated heterocycles. The van der Waals surface area contributed by atoms with E-state index in [1.807, 2.05) is 37.3 Å². The minimum atomic E-state index is 0.136. The van der Waals surface area contributed by atoms with Gasteiger partial charge in [-0.1, -0.05) is 24.4 Å². The molecule has 0 bridgehead atoms. The second kappa shape index (κ2) is 6.45. The number of benzene rings is 1. The van der Waals surface area contributed by atoms with Crippen molar-refractivity contribution < 1.29 is 9.84 Å². The van der Waals surface area contributed by atoms with E-state index >= 15 is 0 Å². The van der Waals surface area contributed by atoms with Gasteiger partial charge >= 0.3 is 0 Å². The number of nitrogens with two attached hydrogens (primary N) is 1. The molecule has 0 atom stereocenters. The number of ether oxygens (including phenoxy) is 1. The maximum Gasteiger partial charge on any atom is 0.220 e. The van der Waals surface area contributed by atoms with Crippen molar-refractivity contribution in [2.75, 3.05) is 6.61 Å². The molecule has 0 aliphatic rings. The number of aromatic nitrogens is 1. The summed E-state index contributed by atoms with van der Waals surface area (Å²) in [5.74, 6) is 1.14. The molecular weight excluding hydrogens is 272 g/mol. The number of aryl methyl sites for hydroxylation is 1. The first-order chi connectivity index (χ1) is 9.58. The molecule has 20 heavy (non-hydrogen) atoms. The van der Waals surface area contributed by atoms with E-state index < -0.39 is 0 Å². The lowest BCUT2D eigenvalue weighted by Crippen LogP contribution is -2.10. The monoisotopic (exact) mass is 288 g/mol. The Balaban J connectivity index is 2.19. The molecular formula is C15H16N2O2S. The third kappa shape index (κ3) is 3.76. The quantitative estimate of drug-likeness (QED) is 0.827. The third-order valence-corrected chi connectivity index (χ3v) is 3.00. The Kier molecular flexibility index (Phi) is 4.65. The van der Waals surface area contributed by atoms with E-state index in [2.05, 4.69) is 4.98 Å². The van der Waals surface area contributed by atoms with Crippen molar-refractivity contribution in [2.45, 2.75) is 13.3 Å². The molecule has 2 rings (SSSR count). The molecule has 0 fully saturated rings. The number of aliphatic hydroxyl groups excluding tert-OH is 1. The normalized spacial score (nSPS) is 10.3. The maximum absolute atomic E-state index is 8.87. The molecule has 1 aromatic heterocycles. The zero-order valence-corrected chi connectivity index (χ0v) is 12.0. The van der Waals surface area contributed by atoms with Crippen LogP contribution in [0.4, 0.5) is 0 Å². The molecule has 0 unspecified atom stereocenters. The summed E-state index contributed by atoms with van der Waals surface area (Å²) < 4.78 is 5.69. The van der Waals surface area contributed by atoms with Gasteiger partial charge < -0.3 is 15.6 Å². The van der Waals surface area contributed by atoms with Crippen molar-refractivity contribution in [3.63, 3.8) is 0 Å². The minimum Gasteiger partial charge on any atom is -0.439 e. The van der Waals surface area contributed by atoms with Crippen molar-refractivity contribution in [2.24, 2.45) is 5.73 Å². The van der Waals surface area contributed by atoms with E-state index in [4.69, 9.17) is 27.8 Å². The van der Waals surface area contributed by atoms with Crippen LogP contribution < -0.4 is 10.5 Å². The highest BCUT2D eigenvalue weighted by Gasteiger charge is 2.05. The van der Waals surface area contributed by atoms with Crippen LogP contribution in [-0.4, -0.2) is 21.7 Å². The molecule has 0 radical (unpaired) electrons. The molecule has 0 amide bonds. The maximum atomic E-state index is 8.87. The molecule has 0 spiro atoms. The molecule has 4 nitrogen and oxygen atoms in total. The summed E-state index contributed by atoms with van der Waals surface area (Å²) in [6.07, 6.45) is 0.633. The van der Waals surface area contributed by atoms with Crippen LogP contribution in [0.1, 0.15) is 16.8 Å². The van der Waals surface area contributed by atoms with Gasteiger partial charge in [-0.25, -0.2) is 4.98 Å². The Morgan fingerprint density at radius 3 is 2.60 bits per heavy atom. The van der Waals surface area contributed by atoms with Gasteiger partial charge in [-0.3, -0.25) is 0 Å². The lowest BCUT2D eigenvalue weighted by atomic mass is 10.1. The third-order valence-electron chi connectivity index (χ3n) is 2.76. The Bertz CT molecular complexity index is 612. The van der Waals surface area contributed by atoms with Crippen LogP contribution in [0.5, 0.6) is 11.6 Å². The van der Waals surface area contributed by atoms with E-state index in [0.717, 1.165) is 16.8 Å². The molecule has 0 saturated carbocycles. The minimum absolute atomic E-state index is 0.136. The number of hydrogen-bond donors (Lipinski definition) is 2. The molecule has 5 heteroatoms. The van der Waals surface area contributed by atoms with E-state index in [9.17, 15) is 0 Å². The number of nitrogens with zero attached hydrogens (tertiary/aromatic N) is 1. The van der Waals surface area contributed by atoms with Crippen LogP contribution in [-0.2, 0) is 6.42 Å². The van der Waals surface area contributed by atoms with Crippen LogP contribution in [0.15, 0.2) is 36.4 Å². The van der Waals surface area contributed by atoms with Crippen LogP contribution in [0.2, 0.25) is 0 Å². The number of rotatable bonds is 5. The summed E-state index contributed by atoms with van der Waals surface area (Å²) in [4.78, 5) is 4.61. The molecule has 1 aromatic carbocycles. The summed E-state index contributed by atoms with van der Waals surface area (Å²) in [5.41, 5.74) is 8.21. The smallest absolute Gasteiger partial charge is 0.220 e. The second-order valence-corrected chi connectivity index (χ2v) is 4.86. The first-order valence-corrected chi connectivity index (χ1v) is 6.65. The summed E-state index contributed by atoms with van der Waals surface area (Å²) in [6, 6.07) is 11.0. The van der Waals surface area contributed by atoms with Gasteiger partial charge in [-0.05, 0) is 37.1 Å². The van der Waals surface area contributed by atoms with E-state index in [0.29, 0.717) is 23.0 Å². The summed E-state index contributed by atoms with van der Waals surface area (Å²) in [7, 11) is 0. The first-order valence-electron chi connectivity index (χ1n) is 6.24. The Morgan fingerprint density at radius 1 is 1.30 bits per heavy atom. The van der Waals surface area contributed by atoms with Crippen LogP contribution in [0.25, 0.3) is 0 Å². The lowest BCUT2D eigenvalue weighted by Gasteiger charge is -2.08.